The van der Waals surface area contributed by atoms with Crippen LogP contribution in [0.15, 0.2) is 24.3 Å². The molecule has 1 atom stereocenters. The summed E-state index contributed by atoms with van der Waals surface area (Å²) in [5, 5.41) is 14.8. The summed E-state index contributed by atoms with van der Waals surface area (Å²) in [6.45, 7) is 5.42. The van der Waals surface area contributed by atoms with Gasteiger partial charge in [-0.1, -0.05) is 25.5 Å². The summed E-state index contributed by atoms with van der Waals surface area (Å²) in [5.41, 5.74) is 0.694. The van der Waals surface area contributed by atoms with Crippen molar-refractivity contribution in [3.05, 3.63) is 29.8 Å². The van der Waals surface area contributed by atoms with Gasteiger partial charge in [0.25, 0.3) is 0 Å². The summed E-state index contributed by atoms with van der Waals surface area (Å²) >= 11 is 0. The lowest BCUT2D eigenvalue weighted by Crippen LogP contribution is -2.51. The maximum absolute atomic E-state index is 11.8. The number of aliphatic carboxylic acids is 1. The third kappa shape index (κ3) is 4.66. The highest BCUT2D eigenvalue weighted by Crippen LogP contribution is 2.13. The topological polar surface area (TPSA) is 78.4 Å². The minimum Gasteiger partial charge on any atom is -0.480 e. The lowest BCUT2D eigenvalue weighted by molar-refractivity contribution is -0.144. The van der Waals surface area contributed by atoms with Gasteiger partial charge in [-0.05, 0) is 38.0 Å². The molecule has 0 bridgehead atoms. The van der Waals surface area contributed by atoms with E-state index >= 15 is 0 Å². The van der Waals surface area contributed by atoms with Crippen molar-refractivity contribution < 1.29 is 14.7 Å². The molecule has 1 aromatic rings. The van der Waals surface area contributed by atoms with Crippen molar-refractivity contribution in [2.75, 3.05) is 11.9 Å². The Morgan fingerprint density at radius 2 is 2.05 bits per heavy atom. The third-order valence-corrected chi connectivity index (χ3v) is 3.16. The van der Waals surface area contributed by atoms with Crippen molar-refractivity contribution in [3.8, 4) is 0 Å². The average molecular weight is 278 g/mol. The summed E-state index contributed by atoms with van der Waals surface area (Å²) in [7, 11) is 0. The first-order chi connectivity index (χ1) is 9.37. The third-order valence-electron chi connectivity index (χ3n) is 3.16. The van der Waals surface area contributed by atoms with Gasteiger partial charge in [0.15, 0.2) is 0 Å². The molecule has 1 amide bonds. The Morgan fingerprint density at radius 1 is 1.35 bits per heavy atom. The Balaban J connectivity index is 2.56. The van der Waals surface area contributed by atoms with Gasteiger partial charge in [0.1, 0.15) is 5.54 Å². The van der Waals surface area contributed by atoms with Crippen molar-refractivity contribution in [1.29, 1.82) is 0 Å². The van der Waals surface area contributed by atoms with Crippen molar-refractivity contribution >= 4 is 17.6 Å². The van der Waals surface area contributed by atoms with Crippen LogP contribution in [0.3, 0.4) is 0 Å². The minimum absolute atomic E-state index is 0.0310. The molecule has 5 nitrogen and oxygen atoms in total. The van der Waals surface area contributed by atoms with Crippen LogP contribution in [0.1, 0.15) is 32.3 Å². The van der Waals surface area contributed by atoms with E-state index in [0.717, 1.165) is 12.0 Å². The Bertz CT molecular complexity index is 488. The molecule has 3 N–H and O–H groups in total. The second-order valence-electron chi connectivity index (χ2n) is 5.16. The molecule has 20 heavy (non-hydrogen) atoms. The first kappa shape index (κ1) is 16.2. The quantitative estimate of drug-likeness (QED) is 0.714. The van der Waals surface area contributed by atoms with E-state index in [9.17, 15) is 14.7 Å². The molecule has 5 heteroatoms. The van der Waals surface area contributed by atoms with Gasteiger partial charge >= 0.3 is 5.97 Å². The zero-order chi connectivity index (χ0) is 15.2. The normalized spacial score (nSPS) is 13.6. The standard InChI is InChI=1S/C15H22N2O3/c1-4-8-15(3,14(19)20)16-10-13(18)17-12-7-5-6-11(2)9-12/h5-7,9,16H,4,8,10H2,1-3H3,(H,17,18)(H,19,20). The van der Waals surface area contributed by atoms with Gasteiger partial charge in [0.05, 0.1) is 6.54 Å². The fourth-order valence-electron chi connectivity index (χ4n) is 1.97. The predicted molar refractivity (Wildman–Crippen MR) is 78.8 cm³/mol. The number of anilines is 1. The van der Waals surface area contributed by atoms with E-state index in [-0.39, 0.29) is 12.5 Å². The van der Waals surface area contributed by atoms with Crippen LogP contribution in [-0.4, -0.2) is 29.1 Å². The van der Waals surface area contributed by atoms with Crippen molar-refractivity contribution in [1.82, 2.24) is 5.32 Å². The molecule has 0 heterocycles. The number of aryl methyl sites for hydroxylation is 1. The summed E-state index contributed by atoms with van der Waals surface area (Å²) in [6.07, 6.45) is 1.20. The van der Waals surface area contributed by atoms with Crippen LogP contribution in [0.5, 0.6) is 0 Å². The van der Waals surface area contributed by atoms with Crippen LogP contribution in [0.4, 0.5) is 5.69 Å². The van der Waals surface area contributed by atoms with Crippen LogP contribution < -0.4 is 10.6 Å². The van der Waals surface area contributed by atoms with Gasteiger partial charge in [-0.3, -0.25) is 14.9 Å². The van der Waals surface area contributed by atoms with Gasteiger partial charge in [-0.15, -0.1) is 0 Å². The average Bonchev–Trinajstić information content (AvgIpc) is 2.36. The molecule has 0 saturated heterocycles. The van der Waals surface area contributed by atoms with E-state index in [1.165, 1.54) is 0 Å². The second kappa shape index (κ2) is 7.05. The van der Waals surface area contributed by atoms with Crippen molar-refractivity contribution in [2.24, 2.45) is 0 Å². The monoisotopic (exact) mass is 278 g/mol. The van der Waals surface area contributed by atoms with E-state index < -0.39 is 11.5 Å². The predicted octanol–water partition coefficient (Wildman–Crippen LogP) is 2.17. The number of rotatable bonds is 7. The lowest BCUT2D eigenvalue weighted by Gasteiger charge is -2.25. The first-order valence-electron chi connectivity index (χ1n) is 6.72. The van der Waals surface area contributed by atoms with E-state index in [1.807, 2.05) is 32.0 Å². The molecule has 0 aromatic heterocycles. The highest BCUT2D eigenvalue weighted by molar-refractivity contribution is 5.92. The largest absolute Gasteiger partial charge is 0.480 e. The summed E-state index contributed by atoms with van der Waals surface area (Å²) < 4.78 is 0. The molecule has 1 unspecified atom stereocenters. The zero-order valence-electron chi connectivity index (χ0n) is 12.2. The Morgan fingerprint density at radius 3 is 2.60 bits per heavy atom. The molecule has 1 aromatic carbocycles. The fraction of sp³-hybridized carbons (Fsp3) is 0.467. The number of hydrogen-bond acceptors (Lipinski definition) is 3. The van der Waals surface area contributed by atoms with E-state index in [0.29, 0.717) is 12.1 Å². The molecular formula is C15H22N2O3. The van der Waals surface area contributed by atoms with Crippen molar-refractivity contribution in [3.63, 3.8) is 0 Å². The van der Waals surface area contributed by atoms with Crippen LogP contribution in [0.2, 0.25) is 0 Å². The highest BCUT2D eigenvalue weighted by atomic mass is 16.4. The van der Waals surface area contributed by atoms with Gasteiger partial charge in [-0.2, -0.15) is 0 Å². The van der Waals surface area contributed by atoms with E-state index in [1.54, 1.807) is 13.0 Å². The second-order valence-corrected chi connectivity index (χ2v) is 5.16. The molecule has 0 fully saturated rings. The summed E-state index contributed by atoms with van der Waals surface area (Å²) in [4.78, 5) is 23.1. The smallest absolute Gasteiger partial charge is 0.323 e. The number of nitrogens with one attached hydrogen (secondary N) is 2. The number of benzene rings is 1. The SMILES string of the molecule is CCCC(C)(NCC(=O)Nc1cccc(C)c1)C(=O)O. The van der Waals surface area contributed by atoms with Crippen LogP contribution in [0.25, 0.3) is 0 Å². The maximum atomic E-state index is 11.8. The van der Waals surface area contributed by atoms with Gasteiger partial charge in [0.2, 0.25) is 5.91 Å². The van der Waals surface area contributed by atoms with Crippen LogP contribution in [-0.2, 0) is 9.59 Å². The van der Waals surface area contributed by atoms with Crippen LogP contribution in [0, 0.1) is 6.92 Å². The van der Waals surface area contributed by atoms with Gasteiger partial charge < -0.3 is 10.4 Å². The number of amides is 1. The number of carbonyl (C=O) groups excluding carboxylic acids is 1. The minimum atomic E-state index is -1.07. The number of carboxylic acid groups (broad SMARTS) is 1. The van der Waals surface area contributed by atoms with E-state index in [4.69, 9.17) is 0 Å². The molecule has 1 rings (SSSR count). The Kier molecular flexibility index (Phi) is 5.70. The molecule has 110 valence electrons. The molecule has 0 aliphatic rings. The summed E-state index contributed by atoms with van der Waals surface area (Å²) in [6, 6.07) is 7.46. The molecule has 0 aliphatic heterocycles. The molecule has 0 aliphatic carbocycles. The Hall–Kier alpha value is -1.88. The van der Waals surface area contributed by atoms with Crippen molar-refractivity contribution in [2.45, 2.75) is 39.2 Å². The number of hydrogen-bond donors (Lipinski definition) is 3. The van der Waals surface area contributed by atoms with Gasteiger partial charge in [-0.25, -0.2) is 0 Å². The highest BCUT2D eigenvalue weighted by Gasteiger charge is 2.31. The number of carbonyl (C=O) groups is 2. The summed E-state index contributed by atoms with van der Waals surface area (Å²) in [5.74, 6) is -1.19. The Labute approximate surface area is 119 Å². The zero-order valence-corrected chi connectivity index (χ0v) is 12.2. The first-order valence-corrected chi connectivity index (χ1v) is 6.72. The molecule has 0 saturated carbocycles. The molecule has 0 spiro atoms. The molecular weight excluding hydrogens is 256 g/mol. The van der Waals surface area contributed by atoms with E-state index in [2.05, 4.69) is 10.6 Å². The lowest BCUT2D eigenvalue weighted by atomic mass is 9.96. The van der Waals surface area contributed by atoms with Crippen LogP contribution >= 0.6 is 0 Å². The van der Waals surface area contributed by atoms with Gasteiger partial charge in [0, 0.05) is 5.69 Å². The maximum Gasteiger partial charge on any atom is 0.323 e. The number of carboxylic acids is 1. The molecule has 0 radical (unpaired) electrons. The fourth-order valence-corrected chi connectivity index (χ4v) is 1.97.